The van der Waals surface area contributed by atoms with E-state index in [1.165, 1.54) is 12.1 Å². The Bertz CT molecular complexity index is 644. The van der Waals surface area contributed by atoms with Crippen molar-refractivity contribution in [2.24, 2.45) is 0 Å². The van der Waals surface area contributed by atoms with E-state index in [1.807, 2.05) is 31.2 Å². The molecular weight excluding hydrogens is 307 g/mol. The molecule has 0 fully saturated rings. The first-order valence-electron chi connectivity index (χ1n) is 7.10. The van der Waals surface area contributed by atoms with E-state index in [0.717, 1.165) is 11.3 Å². The SMILES string of the molecule is COc1cccc(C(C)NCc2ccccc2OC(F)(F)F)c1. The minimum atomic E-state index is -4.70. The van der Waals surface area contributed by atoms with E-state index in [9.17, 15) is 13.2 Å². The van der Waals surface area contributed by atoms with Gasteiger partial charge in [-0.15, -0.1) is 13.2 Å². The van der Waals surface area contributed by atoms with Crippen LogP contribution in [-0.2, 0) is 6.54 Å². The van der Waals surface area contributed by atoms with E-state index in [-0.39, 0.29) is 18.3 Å². The summed E-state index contributed by atoms with van der Waals surface area (Å²) in [6.45, 7) is 2.19. The third kappa shape index (κ3) is 5.17. The molecule has 6 heteroatoms. The van der Waals surface area contributed by atoms with Gasteiger partial charge in [-0.3, -0.25) is 0 Å². The maximum Gasteiger partial charge on any atom is 0.573 e. The van der Waals surface area contributed by atoms with Crippen molar-refractivity contribution in [2.45, 2.75) is 25.9 Å². The quantitative estimate of drug-likeness (QED) is 0.851. The summed E-state index contributed by atoms with van der Waals surface area (Å²) in [5.41, 5.74) is 1.43. The Kier molecular flexibility index (Phi) is 5.50. The standard InChI is InChI=1S/C17H18F3NO2/c1-12(13-7-5-8-15(10-13)22-2)21-11-14-6-3-4-9-16(14)23-17(18,19)20/h3-10,12,21H,11H2,1-2H3. The lowest BCUT2D eigenvalue weighted by Gasteiger charge is -2.17. The smallest absolute Gasteiger partial charge is 0.497 e. The summed E-state index contributed by atoms with van der Waals surface area (Å²) in [6, 6.07) is 13.6. The fourth-order valence-electron chi connectivity index (χ4n) is 2.17. The third-order valence-electron chi connectivity index (χ3n) is 3.39. The Morgan fingerprint density at radius 1 is 1.09 bits per heavy atom. The minimum Gasteiger partial charge on any atom is -0.497 e. The van der Waals surface area contributed by atoms with E-state index in [4.69, 9.17) is 4.74 Å². The predicted molar refractivity (Wildman–Crippen MR) is 81.4 cm³/mol. The zero-order chi connectivity index (χ0) is 16.9. The normalized spacial score (nSPS) is 12.7. The lowest BCUT2D eigenvalue weighted by Crippen LogP contribution is -2.21. The van der Waals surface area contributed by atoms with Crippen LogP contribution < -0.4 is 14.8 Å². The third-order valence-corrected chi connectivity index (χ3v) is 3.39. The van der Waals surface area contributed by atoms with Crippen molar-refractivity contribution in [1.82, 2.24) is 5.32 Å². The van der Waals surface area contributed by atoms with Crippen LogP contribution >= 0.6 is 0 Å². The van der Waals surface area contributed by atoms with Gasteiger partial charge in [0.05, 0.1) is 7.11 Å². The first kappa shape index (κ1) is 17.1. The second-order valence-corrected chi connectivity index (χ2v) is 5.03. The van der Waals surface area contributed by atoms with Crippen LogP contribution in [0.25, 0.3) is 0 Å². The molecule has 23 heavy (non-hydrogen) atoms. The van der Waals surface area contributed by atoms with Crippen molar-refractivity contribution >= 4 is 0 Å². The molecule has 0 aliphatic heterocycles. The molecule has 124 valence electrons. The highest BCUT2D eigenvalue weighted by molar-refractivity contribution is 5.34. The van der Waals surface area contributed by atoms with Crippen LogP contribution in [0.2, 0.25) is 0 Å². The van der Waals surface area contributed by atoms with Crippen LogP contribution in [0.3, 0.4) is 0 Å². The topological polar surface area (TPSA) is 30.5 Å². The van der Waals surface area contributed by atoms with Crippen molar-refractivity contribution in [1.29, 1.82) is 0 Å². The van der Waals surface area contributed by atoms with Gasteiger partial charge in [-0.2, -0.15) is 0 Å². The number of para-hydroxylation sites is 1. The van der Waals surface area contributed by atoms with Gasteiger partial charge in [0.25, 0.3) is 0 Å². The molecule has 1 N–H and O–H groups in total. The molecule has 0 aromatic heterocycles. The summed E-state index contributed by atoms with van der Waals surface area (Å²) in [5, 5.41) is 3.19. The Hall–Kier alpha value is -2.21. The number of alkyl halides is 3. The molecule has 1 atom stereocenters. The fraction of sp³-hybridized carbons (Fsp3) is 0.294. The second-order valence-electron chi connectivity index (χ2n) is 5.03. The van der Waals surface area contributed by atoms with Crippen LogP contribution in [-0.4, -0.2) is 13.5 Å². The van der Waals surface area contributed by atoms with Gasteiger partial charge >= 0.3 is 6.36 Å². The number of benzene rings is 2. The van der Waals surface area contributed by atoms with E-state index < -0.39 is 6.36 Å². The van der Waals surface area contributed by atoms with Crippen LogP contribution in [0.1, 0.15) is 24.1 Å². The Morgan fingerprint density at radius 3 is 2.52 bits per heavy atom. The zero-order valence-corrected chi connectivity index (χ0v) is 12.9. The fourth-order valence-corrected chi connectivity index (χ4v) is 2.17. The summed E-state index contributed by atoms with van der Waals surface area (Å²) >= 11 is 0. The Morgan fingerprint density at radius 2 is 1.83 bits per heavy atom. The molecule has 0 heterocycles. The molecule has 0 amide bonds. The molecular formula is C17H18F3NO2. The molecule has 1 unspecified atom stereocenters. The van der Waals surface area contributed by atoms with Crippen LogP contribution in [0, 0.1) is 0 Å². The van der Waals surface area contributed by atoms with Gasteiger partial charge in [0, 0.05) is 18.2 Å². The van der Waals surface area contributed by atoms with Gasteiger partial charge < -0.3 is 14.8 Å². The maximum atomic E-state index is 12.4. The largest absolute Gasteiger partial charge is 0.573 e. The number of hydrogen-bond donors (Lipinski definition) is 1. The van der Waals surface area contributed by atoms with Gasteiger partial charge in [0.15, 0.2) is 0 Å². The molecule has 0 bridgehead atoms. The monoisotopic (exact) mass is 325 g/mol. The number of nitrogens with one attached hydrogen (secondary N) is 1. The van der Waals surface area contributed by atoms with E-state index in [1.54, 1.807) is 19.2 Å². The van der Waals surface area contributed by atoms with Crippen LogP contribution in [0.15, 0.2) is 48.5 Å². The molecule has 3 nitrogen and oxygen atoms in total. The summed E-state index contributed by atoms with van der Waals surface area (Å²) < 4.78 is 46.5. The minimum absolute atomic E-state index is 0.0518. The number of methoxy groups -OCH3 is 1. The van der Waals surface area contributed by atoms with Crippen molar-refractivity contribution in [3.8, 4) is 11.5 Å². The molecule has 2 aromatic rings. The molecule has 0 spiro atoms. The number of ether oxygens (including phenoxy) is 2. The highest BCUT2D eigenvalue weighted by Crippen LogP contribution is 2.27. The highest BCUT2D eigenvalue weighted by Gasteiger charge is 2.31. The highest BCUT2D eigenvalue weighted by atomic mass is 19.4. The van der Waals surface area contributed by atoms with Crippen molar-refractivity contribution in [3.63, 3.8) is 0 Å². The van der Waals surface area contributed by atoms with Crippen LogP contribution in [0.5, 0.6) is 11.5 Å². The molecule has 2 rings (SSSR count). The van der Waals surface area contributed by atoms with Crippen molar-refractivity contribution in [3.05, 3.63) is 59.7 Å². The lowest BCUT2D eigenvalue weighted by molar-refractivity contribution is -0.274. The second kappa shape index (κ2) is 7.37. The molecule has 0 aliphatic carbocycles. The molecule has 0 aliphatic rings. The first-order valence-corrected chi connectivity index (χ1v) is 7.10. The molecule has 0 saturated heterocycles. The summed E-state index contributed by atoms with van der Waals surface area (Å²) in [4.78, 5) is 0. The predicted octanol–water partition coefficient (Wildman–Crippen LogP) is 4.44. The average molecular weight is 325 g/mol. The average Bonchev–Trinajstić information content (AvgIpc) is 2.52. The Labute approximate surface area is 133 Å². The zero-order valence-electron chi connectivity index (χ0n) is 12.9. The first-order chi connectivity index (χ1) is 10.9. The van der Waals surface area contributed by atoms with Gasteiger partial charge in [-0.05, 0) is 30.7 Å². The summed E-state index contributed by atoms with van der Waals surface area (Å²) in [5.74, 6) is 0.544. The van der Waals surface area contributed by atoms with E-state index >= 15 is 0 Å². The number of halogens is 3. The van der Waals surface area contributed by atoms with Gasteiger partial charge in [0.1, 0.15) is 11.5 Å². The van der Waals surface area contributed by atoms with Gasteiger partial charge in [0.2, 0.25) is 0 Å². The summed E-state index contributed by atoms with van der Waals surface area (Å²) in [6.07, 6.45) is -4.70. The molecule has 2 aromatic carbocycles. The number of rotatable bonds is 6. The van der Waals surface area contributed by atoms with E-state index in [2.05, 4.69) is 10.1 Å². The Balaban J connectivity index is 2.05. The van der Waals surface area contributed by atoms with Gasteiger partial charge in [-0.1, -0.05) is 30.3 Å². The van der Waals surface area contributed by atoms with Crippen molar-refractivity contribution in [2.75, 3.05) is 7.11 Å². The molecule has 0 saturated carbocycles. The van der Waals surface area contributed by atoms with Crippen molar-refractivity contribution < 1.29 is 22.6 Å². The van der Waals surface area contributed by atoms with Crippen LogP contribution in [0.4, 0.5) is 13.2 Å². The number of hydrogen-bond acceptors (Lipinski definition) is 3. The summed E-state index contributed by atoms with van der Waals surface area (Å²) in [7, 11) is 1.59. The molecule has 0 radical (unpaired) electrons. The lowest BCUT2D eigenvalue weighted by atomic mass is 10.1. The maximum absolute atomic E-state index is 12.4. The van der Waals surface area contributed by atoms with Gasteiger partial charge in [-0.25, -0.2) is 0 Å². The van der Waals surface area contributed by atoms with E-state index in [0.29, 0.717) is 5.56 Å².